The van der Waals surface area contributed by atoms with E-state index in [0.717, 1.165) is 17.7 Å². The van der Waals surface area contributed by atoms with E-state index in [1.807, 2.05) is 36.5 Å². The lowest BCUT2D eigenvalue weighted by Crippen LogP contribution is -2.16. The summed E-state index contributed by atoms with van der Waals surface area (Å²) in [4.78, 5) is 15.6. The molecule has 21 heavy (non-hydrogen) atoms. The fraction of sp³-hybridized carbons (Fsp3) is 0.294. The Morgan fingerprint density at radius 3 is 2.57 bits per heavy atom. The third-order valence-corrected chi connectivity index (χ3v) is 3.46. The summed E-state index contributed by atoms with van der Waals surface area (Å²) in [5.41, 5.74) is 4.52. The van der Waals surface area contributed by atoms with Crippen molar-refractivity contribution in [2.24, 2.45) is 0 Å². The second kappa shape index (κ2) is 7.55. The second-order valence-corrected chi connectivity index (χ2v) is 4.93. The van der Waals surface area contributed by atoms with Crippen molar-refractivity contribution < 1.29 is 9.53 Å². The molecule has 2 rings (SSSR count). The lowest BCUT2D eigenvalue weighted by molar-refractivity contribution is -0.139. The first-order valence-electron chi connectivity index (χ1n) is 6.94. The van der Waals surface area contributed by atoms with Gasteiger partial charge in [-0.2, -0.15) is 0 Å². The van der Waals surface area contributed by atoms with Crippen molar-refractivity contribution in [3.63, 3.8) is 0 Å². The van der Waals surface area contributed by atoms with Gasteiger partial charge in [0.25, 0.3) is 0 Å². The van der Waals surface area contributed by atoms with E-state index in [-0.39, 0.29) is 5.97 Å². The predicted octanol–water partition coefficient (Wildman–Crippen LogP) is 2.40. The van der Waals surface area contributed by atoms with Crippen LogP contribution in [0.25, 0.3) is 0 Å². The van der Waals surface area contributed by atoms with E-state index in [9.17, 15) is 4.79 Å². The average molecular weight is 284 g/mol. The lowest BCUT2D eigenvalue weighted by atomic mass is 10.0. The summed E-state index contributed by atoms with van der Waals surface area (Å²) < 4.78 is 4.73. The number of ether oxygens (including phenoxy) is 1. The molecule has 1 heterocycles. The molecule has 0 aliphatic heterocycles. The Bertz CT molecular complexity index is 611. The van der Waals surface area contributed by atoms with E-state index < -0.39 is 0 Å². The van der Waals surface area contributed by atoms with E-state index in [4.69, 9.17) is 4.74 Å². The minimum absolute atomic E-state index is 0.217. The van der Waals surface area contributed by atoms with Crippen LogP contribution in [0, 0.1) is 6.92 Å². The van der Waals surface area contributed by atoms with E-state index in [1.165, 1.54) is 18.2 Å². The van der Waals surface area contributed by atoms with Crippen LogP contribution in [-0.2, 0) is 29.0 Å². The third kappa shape index (κ3) is 4.39. The largest absolute Gasteiger partial charge is 0.469 e. The zero-order chi connectivity index (χ0) is 15.1. The van der Waals surface area contributed by atoms with Crippen molar-refractivity contribution in [3.05, 3.63) is 65.0 Å². The smallest absolute Gasteiger partial charge is 0.309 e. The van der Waals surface area contributed by atoms with Crippen molar-refractivity contribution in [2.45, 2.75) is 26.4 Å². The molecule has 0 saturated heterocycles. The number of pyridine rings is 1. The molecule has 0 aliphatic rings. The molecule has 1 N–H and O–H groups in total. The van der Waals surface area contributed by atoms with Crippen LogP contribution in [0.15, 0.2) is 42.7 Å². The van der Waals surface area contributed by atoms with Gasteiger partial charge in [-0.1, -0.05) is 24.3 Å². The molecule has 1 aromatic heterocycles. The van der Waals surface area contributed by atoms with Crippen molar-refractivity contribution in [1.29, 1.82) is 0 Å². The van der Waals surface area contributed by atoms with Gasteiger partial charge in [0.05, 0.1) is 13.5 Å². The van der Waals surface area contributed by atoms with E-state index in [2.05, 4.69) is 17.2 Å². The van der Waals surface area contributed by atoms with Crippen LogP contribution in [0.3, 0.4) is 0 Å². The zero-order valence-corrected chi connectivity index (χ0v) is 12.4. The number of aryl methyl sites for hydroxylation is 1. The molecule has 0 atom stereocenters. The van der Waals surface area contributed by atoms with Crippen LogP contribution in [-0.4, -0.2) is 18.1 Å². The normalized spacial score (nSPS) is 10.4. The molecule has 2 aromatic rings. The number of carbonyl (C=O) groups excluding carboxylic acids is 1. The van der Waals surface area contributed by atoms with Crippen molar-refractivity contribution in [3.8, 4) is 0 Å². The molecule has 1 aromatic carbocycles. The zero-order valence-electron chi connectivity index (χ0n) is 12.4. The maximum absolute atomic E-state index is 11.4. The van der Waals surface area contributed by atoms with Gasteiger partial charge in [0.15, 0.2) is 0 Å². The molecular weight excluding hydrogens is 264 g/mol. The number of rotatable bonds is 6. The molecule has 0 unspecified atom stereocenters. The first-order chi connectivity index (χ1) is 10.2. The molecule has 0 saturated carbocycles. The molecule has 0 amide bonds. The van der Waals surface area contributed by atoms with Crippen LogP contribution in [0.4, 0.5) is 0 Å². The lowest BCUT2D eigenvalue weighted by Gasteiger charge is -2.11. The first-order valence-corrected chi connectivity index (χ1v) is 6.94. The Balaban J connectivity index is 1.97. The van der Waals surface area contributed by atoms with Gasteiger partial charge in [0.2, 0.25) is 0 Å². The summed E-state index contributed by atoms with van der Waals surface area (Å²) in [5.74, 6) is -0.217. The number of benzene rings is 1. The van der Waals surface area contributed by atoms with Gasteiger partial charge < -0.3 is 10.1 Å². The minimum atomic E-state index is -0.217. The van der Waals surface area contributed by atoms with Gasteiger partial charge in [0.1, 0.15) is 0 Å². The number of carbonyl (C=O) groups is 1. The summed E-state index contributed by atoms with van der Waals surface area (Å²) in [6, 6.07) is 9.91. The van der Waals surface area contributed by atoms with E-state index >= 15 is 0 Å². The fourth-order valence-electron chi connectivity index (χ4n) is 2.14. The first kappa shape index (κ1) is 15.2. The van der Waals surface area contributed by atoms with Gasteiger partial charge in [-0.25, -0.2) is 0 Å². The maximum atomic E-state index is 11.4. The Morgan fingerprint density at radius 2 is 1.86 bits per heavy atom. The number of hydrogen-bond donors (Lipinski definition) is 1. The highest BCUT2D eigenvalue weighted by molar-refractivity contribution is 5.72. The standard InChI is InChI=1S/C17H20N2O2/c1-13-7-8-18-11-16(13)12-19-10-15-6-4-3-5-14(15)9-17(20)21-2/h3-8,11,19H,9-10,12H2,1-2H3. The second-order valence-electron chi connectivity index (χ2n) is 4.93. The summed E-state index contributed by atoms with van der Waals surface area (Å²) in [5, 5.41) is 3.40. The Kier molecular flexibility index (Phi) is 5.46. The Labute approximate surface area is 125 Å². The molecule has 0 aliphatic carbocycles. The molecule has 0 spiro atoms. The van der Waals surface area contributed by atoms with Crippen LogP contribution in [0.5, 0.6) is 0 Å². The SMILES string of the molecule is COC(=O)Cc1ccccc1CNCc1cnccc1C. The van der Waals surface area contributed by atoms with Gasteiger partial charge in [0, 0.05) is 25.5 Å². The molecule has 4 heteroatoms. The summed E-state index contributed by atoms with van der Waals surface area (Å²) in [6.07, 6.45) is 3.98. The highest BCUT2D eigenvalue weighted by atomic mass is 16.5. The number of methoxy groups -OCH3 is 1. The van der Waals surface area contributed by atoms with Crippen molar-refractivity contribution in [1.82, 2.24) is 10.3 Å². The number of nitrogens with one attached hydrogen (secondary N) is 1. The number of aromatic nitrogens is 1. The predicted molar refractivity (Wildman–Crippen MR) is 81.7 cm³/mol. The van der Waals surface area contributed by atoms with E-state index in [1.54, 1.807) is 6.20 Å². The van der Waals surface area contributed by atoms with Gasteiger partial charge in [-0.3, -0.25) is 9.78 Å². The molecule has 0 fully saturated rings. The summed E-state index contributed by atoms with van der Waals surface area (Å²) >= 11 is 0. The van der Waals surface area contributed by atoms with Gasteiger partial charge in [-0.15, -0.1) is 0 Å². The molecular formula is C17H20N2O2. The Hall–Kier alpha value is -2.20. The monoisotopic (exact) mass is 284 g/mol. The molecule has 4 nitrogen and oxygen atoms in total. The highest BCUT2D eigenvalue weighted by Crippen LogP contribution is 2.11. The summed E-state index contributed by atoms with van der Waals surface area (Å²) in [7, 11) is 1.41. The van der Waals surface area contributed by atoms with Crippen LogP contribution < -0.4 is 5.32 Å². The number of esters is 1. The van der Waals surface area contributed by atoms with E-state index in [0.29, 0.717) is 13.0 Å². The van der Waals surface area contributed by atoms with Crippen molar-refractivity contribution in [2.75, 3.05) is 7.11 Å². The molecule has 0 bridgehead atoms. The van der Waals surface area contributed by atoms with Gasteiger partial charge in [-0.05, 0) is 35.2 Å². The quantitative estimate of drug-likeness (QED) is 0.828. The van der Waals surface area contributed by atoms with Crippen LogP contribution in [0.1, 0.15) is 22.3 Å². The highest BCUT2D eigenvalue weighted by Gasteiger charge is 2.07. The van der Waals surface area contributed by atoms with Gasteiger partial charge >= 0.3 is 5.97 Å². The van der Waals surface area contributed by atoms with Crippen LogP contribution in [0.2, 0.25) is 0 Å². The average Bonchev–Trinajstić information content (AvgIpc) is 2.50. The Morgan fingerprint density at radius 1 is 1.14 bits per heavy atom. The number of hydrogen-bond acceptors (Lipinski definition) is 4. The van der Waals surface area contributed by atoms with Crippen molar-refractivity contribution >= 4 is 5.97 Å². The summed E-state index contributed by atoms with van der Waals surface area (Å²) in [6.45, 7) is 3.54. The molecule has 110 valence electrons. The number of nitrogens with zero attached hydrogens (tertiary/aromatic N) is 1. The topological polar surface area (TPSA) is 51.2 Å². The third-order valence-electron chi connectivity index (χ3n) is 3.46. The minimum Gasteiger partial charge on any atom is -0.469 e. The fourth-order valence-corrected chi connectivity index (χ4v) is 2.14. The maximum Gasteiger partial charge on any atom is 0.309 e. The molecule has 0 radical (unpaired) electrons. The van der Waals surface area contributed by atoms with Crippen LogP contribution >= 0.6 is 0 Å².